The molecule has 0 saturated heterocycles. The van der Waals surface area contributed by atoms with Crippen molar-refractivity contribution in [3.05, 3.63) is 29.3 Å². The summed E-state index contributed by atoms with van der Waals surface area (Å²) >= 11 is 0. The number of benzene rings is 1. The zero-order chi connectivity index (χ0) is 12.1. The summed E-state index contributed by atoms with van der Waals surface area (Å²) in [6.07, 6.45) is 4.48. The van der Waals surface area contributed by atoms with Crippen molar-refractivity contribution in [2.75, 3.05) is 20.2 Å². The number of hydrogen-bond acceptors (Lipinski definition) is 3. The number of nitrogens with one attached hydrogen (secondary N) is 1. The first kappa shape index (κ1) is 15.3. The Kier molecular flexibility index (Phi) is 6.47. The van der Waals surface area contributed by atoms with Crippen molar-refractivity contribution in [2.45, 2.75) is 31.8 Å². The molecule has 2 N–H and O–H groups in total. The molecule has 0 radical (unpaired) electrons. The van der Waals surface area contributed by atoms with Crippen LogP contribution in [0.3, 0.4) is 0 Å². The molecule has 1 aromatic rings. The van der Waals surface area contributed by atoms with Gasteiger partial charge in [0.05, 0.1) is 0 Å². The van der Waals surface area contributed by atoms with E-state index in [9.17, 15) is 5.11 Å². The molecule has 18 heavy (non-hydrogen) atoms. The summed E-state index contributed by atoms with van der Waals surface area (Å²) in [5, 5.41) is 12.5. The highest BCUT2D eigenvalue weighted by atomic mass is 35.5. The van der Waals surface area contributed by atoms with Crippen LogP contribution in [-0.2, 0) is 12.8 Å². The largest absolute Gasteiger partial charge is 0.491 e. The smallest absolute Gasteiger partial charge is 0.119 e. The Bertz CT molecular complexity index is 371. The molecule has 2 rings (SSSR count). The summed E-state index contributed by atoms with van der Waals surface area (Å²) in [5.74, 6) is 0.876. The number of aliphatic hydroxyl groups is 1. The second kappa shape index (κ2) is 7.62. The van der Waals surface area contributed by atoms with E-state index in [0.717, 1.165) is 12.2 Å². The van der Waals surface area contributed by atoms with E-state index in [-0.39, 0.29) is 12.4 Å². The monoisotopic (exact) mass is 271 g/mol. The van der Waals surface area contributed by atoms with Gasteiger partial charge in [0, 0.05) is 6.54 Å². The maximum Gasteiger partial charge on any atom is 0.119 e. The molecule has 0 bridgehead atoms. The molecule has 0 amide bonds. The van der Waals surface area contributed by atoms with E-state index in [1.807, 2.05) is 13.1 Å². The average molecular weight is 272 g/mol. The van der Waals surface area contributed by atoms with Crippen molar-refractivity contribution in [2.24, 2.45) is 0 Å². The van der Waals surface area contributed by atoms with Gasteiger partial charge in [0.1, 0.15) is 18.5 Å². The molecule has 0 aliphatic heterocycles. The minimum atomic E-state index is -0.448. The average Bonchev–Trinajstić information content (AvgIpc) is 2.36. The van der Waals surface area contributed by atoms with Crippen molar-refractivity contribution in [3.63, 3.8) is 0 Å². The first-order valence-corrected chi connectivity index (χ1v) is 6.37. The van der Waals surface area contributed by atoms with Gasteiger partial charge in [0.25, 0.3) is 0 Å². The van der Waals surface area contributed by atoms with Crippen molar-refractivity contribution in [1.82, 2.24) is 5.32 Å². The SMILES string of the molecule is CNCC(O)COc1ccc2c(c1)CCCC2.Cl. The Balaban J connectivity index is 0.00000162. The molecule has 0 saturated carbocycles. The van der Waals surface area contributed by atoms with E-state index in [2.05, 4.69) is 17.4 Å². The van der Waals surface area contributed by atoms with E-state index < -0.39 is 6.10 Å². The number of aryl methyl sites for hydroxylation is 2. The van der Waals surface area contributed by atoms with Crippen LogP contribution in [0.25, 0.3) is 0 Å². The van der Waals surface area contributed by atoms with Crippen LogP contribution in [0.2, 0.25) is 0 Å². The standard InChI is InChI=1S/C14H21NO2.ClH/c1-15-9-13(16)10-17-14-7-6-11-4-2-3-5-12(11)8-14;/h6-8,13,15-16H,2-5,9-10H2,1H3;1H. The summed E-state index contributed by atoms with van der Waals surface area (Å²) < 4.78 is 5.60. The predicted octanol–water partition coefficient (Wildman–Crippen LogP) is 1.95. The van der Waals surface area contributed by atoms with Crippen LogP contribution in [0.4, 0.5) is 0 Å². The molecule has 1 aliphatic rings. The maximum atomic E-state index is 9.56. The van der Waals surface area contributed by atoms with Crippen LogP contribution in [0.15, 0.2) is 18.2 Å². The summed E-state index contributed by atoms with van der Waals surface area (Å²) in [6.45, 7) is 0.907. The van der Waals surface area contributed by atoms with E-state index in [0.29, 0.717) is 13.2 Å². The minimum Gasteiger partial charge on any atom is -0.491 e. The zero-order valence-corrected chi connectivity index (χ0v) is 11.6. The number of ether oxygens (including phenoxy) is 1. The second-order valence-electron chi connectivity index (χ2n) is 4.66. The molecule has 1 unspecified atom stereocenters. The Morgan fingerprint density at radius 3 is 2.72 bits per heavy atom. The molecule has 3 nitrogen and oxygen atoms in total. The van der Waals surface area contributed by atoms with Gasteiger partial charge >= 0.3 is 0 Å². The molecule has 102 valence electrons. The molecular formula is C14H22ClNO2. The van der Waals surface area contributed by atoms with Crippen LogP contribution >= 0.6 is 12.4 Å². The molecule has 0 spiro atoms. The lowest BCUT2D eigenvalue weighted by Crippen LogP contribution is -2.29. The highest BCUT2D eigenvalue weighted by Gasteiger charge is 2.10. The Hall–Kier alpha value is -0.770. The number of fused-ring (bicyclic) bond motifs is 1. The Labute approximate surface area is 115 Å². The van der Waals surface area contributed by atoms with Gasteiger partial charge in [-0.1, -0.05) is 6.07 Å². The van der Waals surface area contributed by atoms with E-state index >= 15 is 0 Å². The van der Waals surface area contributed by atoms with Gasteiger partial charge in [-0.25, -0.2) is 0 Å². The number of aliphatic hydroxyl groups excluding tert-OH is 1. The first-order valence-electron chi connectivity index (χ1n) is 6.37. The second-order valence-corrected chi connectivity index (χ2v) is 4.66. The first-order chi connectivity index (χ1) is 8.29. The molecule has 0 aromatic heterocycles. The van der Waals surface area contributed by atoms with Crippen molar-refractivity contribution in [1.29, 1.82) is 0 Å². The van der Waals surface area contributed by atoms with Crippen molar-refractivity contribution in [3.8, 4) is 5.75 Å². The van der Waals surface area contributed by atoms with Crippen LogP contribution in [0.1, 0.15) is 24.0 Å². The number of likely N-dealkylation sites (N-methyl/N-ethyl adjacent to an activating group) is 1. The van der Waals surface area contributed by atoms with E-state index in [1.54, 1.807) is 0 Å². The van der Waals surface area contributed by atoms with Gasteiger partial charge in [-0.05, 0) is 56.0 Å². The Morgan fingerprint density at radius 1 is 1.28 bits per heavy atom. The quantitative estimate of drug-likeness (QED) is 0.860. The third kappa shape index (κ3) is 4.16. The highest BCUT2D eigenvalue weighted by molar-refractivity contribution is 5.85. The van der Waals surface area contributed by atoms with Crippen LogP contribution in [0, 0.1) is 0 Å². The third-order valence-electron chi connectivity index (χ3n) is 3.20. The van der Waals surface area contributed by atoms with E-state index in [4.69, 9.17) is 4.74 Å². The zero-order valence-electron chi connectivity index (χ0n) is 10.8. The topological polar surface area (TPSA) is 41.5 Å². The lowest BCUT2D eigenvalue weighted by Gasteiger charge is -2.17. The lowest BCUT2D eigenvalue weighted by atomic mass is 9.92. The summed E-state index contributed by atoms with van der Waals surface area (Å²) in [5.41, 5.74) is 2.87. The van der Waals surface area contributed by atoms with Gasteiger partial charge in [0.2, 0.25) is 0 Å². The highest BCUT2D eigenvalue weighted by Crippen LogP contribution is 2.25. The van der Waals surface area contributed by atoms with Crippen molar-refractivity contribution < 1.29 is 9.84 Å². The number of hydrogen-bond donors (Lipinski definition) is 2. The van der Waals surface area contributed by atoms with Gasteiger partial charge < -0.3 is 15.2 Å². The maximum absolute atomic E-state index is 9.56. The Morgan fingerprint density at radius 2 is 2.00 bits per heavy atom. The molecule has 4 heteroatoms. The molecule has 0 fully saturated rings. The molecule has 0 heterocycles. The van der Waals surface area contributed by atoms with E-state index in [1.165, 1.54) is 30.4 Å². The third-order valence-corrected chi connectivity index (χ3v) is 3.20. The summed E-state index contributed by atoms with van der Waals surface area (Å²) in [6, 6.07) is 6.30. The van der Waals surface area contributed by atoms with Crippen LogP contribution < -0.4 is 10.1 Å². The molecule has 1 aliphatic carbocycles. The molecular weight excluding hydrogens is 250 g/mol. The van der Waals surface area contributed by atoms with Crippen LogP contribution in [-0.4, -0.2) is 31.4 Å². The molecule has 1 atom stereocenters. The van der Waals surface area contributed by atoms with Gasteiger partial charge in [0.15, 0.2) is 0 Å². The number of halogens is 1. The summed E-state index contributed by atoms with van der Waals surface area (Å²) in [4.78, 5) is 0. The lowest BCUT2D eigenvalue weighted by molar-refractivity contribution is 0.108. The normalized spacial score (nSPS) is 15.4. The number of rotatable bonds is 5. The minimum absolute atomic E-state index is 0. The van der Waals surface area contributed by atoms with Crippen LogP contribution in [0.5, 0.6) is 5.75 Å². The fourth-order valence-corrected chi connectivity index (χ4v) is 2.29. The summed E-state index contributed by atoms with van der Waals surface area (Å²) in [7, 11) is 1.82. The fraction of sp³-hybridized carbons (Fsp3) is 0.571. The van der Waals surface area contributed by atoms with Gasteiger partial charge in [-0.15, -0.1) is 12.4 Å². The van der Waals surface area contributed by atoms with Gasteiger partial charge in [-0.3, -0.25) is 0 Å². The molecule has 1 aromatic carbocycles. The predicted molar refractivity (Wildman–Crippen MR) is 75.8 cm³/mol. The van der Waals surface area contributed by atoms with Gasteiger partial charge in [-0.2, -0.15) is 0 Å². The van der Waals surface area contributed by atoms with Crippen molar-refractivity contribution >= 4 is 12.4 Å². The fourth-order valence-electron chi connectivity index (χ4n) is 2.29.